The summed E-state index contributed by atoms with van der Waals surface area (Å²) in [6, 6.07) is 2.09. The number of nitrogens with zero attached hydrogens (tertiary/aromatic N) is 2. The summed E-state index contributed by atoms with van der Waals surface area (Å²) in [5, 5.41) is 9.49. The second-order valence-electron chi connectivity index (χ2n) is 7.82. The first-order chi connectivity index (χ1) is 12.3. The molecule has 27 heavy (non-hydrogen) atoms. The van der Waals surface area contributed by atoms with Crippen LogP contribution in [0.1, 0.15) is 53.9 Å². The molecule has 0 aromatic carbocycles. The van der Waals surface area contributed by atoms with Crippen molar-refractivity contribution in [3.63, 3.8) is 0 Å². The third-order valence-corrected chi connectivity index (χ3v) is 4.99. The number of hydrogen-bond donors (Lipinski definition) is 0. The van der Waals surface area contributed by atoms with Crippen LogP contribution >= 0.6 is 0 Å². The molecule has 1 saturated carbocycles. The predicted molar refractivity (Wildman–Crippen MR) is 111 cm³/mol. The first kappa shape index (κ1) is 22.9. The maximum Gasteiger partial charge on any atom is 0.264 e. The topological polar surface area (TPSA) is 53.3 Å². The molecule has 1 atom stereocenters. The van der Waals surface area contributed by atoms with E-state index in [1.54, 1.807) is 12.0 Å². The van der Waals surface area contributed by atoms with Gasteiger partial charge < -0.3 is 9.64 Å². The number of rotatable bonds is 7. The van der Waals surface area contributed by atoms with Crippen molar-refractivity contribution in [1.82, 2.24) is 4.90 Å². The van der Waals surface area contributed by atoms with Crippen molar-refractivity contribution in [1.29, 1.82) is 5.26 Å². The van der Waals surface area contributed by atoms with E-state index in [9.17, 15) is 10.1 Å². The average molecular weight is 371 g/mol. The standard InChI is InChI=1S/C22H30N2O2.CH4/c1-16(2)10-17(3)11-19-6-9-24(18(4)12-19)21(25)20(14-23)13-22(7-8-22)15-26-5;/h11-13,18H,1,6-10,15H2,2-5H3;1H4/b17-11-,20-13-;. The van der Waals surface area contributed by atoms with Crippen LogP contribution in [0.2, 0.25) is 0 Å². The normalized spacial score (nSPS) is 21.7. The fourth-order valence-electron chi connectivity index (χ4n) is 3.57. The fraction of sp³-hybridized carbons (Fsp3) is 0.565. The van der Waals surface area contributed by atoms with Crippen LogP contribution in [0.5, 0.6) is 0 Å². The van der Waals surface area contributed by atoms with E-state index < -0.39 is 0 Å². The Hall–Kier alpha value is -2.12. The minimum Gasteiger partial charge on any atom is -0.384 e. The van der Waals surface area contributed by atoms with Gasteiger partial charge >= 0.3 is 0 Å². The summed E-state index contributed by atoms with van der Waals surface area (Å²) in [6.45, 7) is 11.3. The summed E-state index contributed by atoms with van der Waals surface area (Å²) in [4.78, 5) is 14.7. The van der Waals surface area contributed by atoms with Crippen LogP contribution in [0.25, 0.3) is 0 Å². The molecule has 4 nitrogen and oxygen atoms in total. The number of methoxy groups -OCH3 is 1. The molecule has 148 valence electrons. The third kappa shape index (κ3) is 6.22. The molecule has 1 fully saturated rings. The molecule has 0 spiro atoms. The van der Waals surface area contributed by atoms with E-state index >= 15 is 0 Å². The zero-order chi connectivity index (χ0) is 19.3. The van der Waals surface area contributed by atoms with Crippen LogP contribution in [-0.4, -0.2) is 37.1 Å². The Morgan fingerprint density at radius 2 is 2.15 bits per heavy atom. The van der Waals surface area contributed by atoms with Gasteiger partial charge in [0.25, 0.3) is 5.91 Å². The van der Waals surface area contributed by atoms with E-state index in [2.05, 4.69) is 31.7 Å². The van der Waals surface area contributed by atoms with Crippen molar-refractivity contribution in [3.8, 4) is 6.07 Å². The van der Waals surface area contributed by atoms with Crippen LogP contribution in [0.15, 0.2) is 47.1 Å². The largest absolute Gasteiger partial charge is 0.384 e. The molecule has 1 amide bonds. The Labute approximate surface area is 164 Å². The van der Waals surface area contributed by atoms with E-state index in [1.807, 2.05) is 19.9 Å². The van der Waals surface area contributed by atoms with Gasteiger partial charge in [0.15, 0.2) is 0 Å². The first-order valence-electron chi connectivity index (χ1n) is 9.25. The van der Waals surface area contributed by atoms with Crippen molar-refractivity contribution < 1.29 is 9.53 Å². The van der Waals surface area contributed by atoms with Gasteiger partial charge in [-0.15, -0.1) is 0 Å². The lowest BCUT2D eigenvalue weighted by Gasteiger charge is -2.32. The summed E-state index contributed by atoms with van der Waals surface area (Å²) in [7, 11) is 1.66. The molecule has 2 aliphatic rings. The highest BCUT2D eigenvalue weighted by Crippen LogP contribution is 2.48. The van der Waals surface area contributed by atoms with Gasteiger partial charge in [-0.2, -0.15) is 5.26 Å². The zero-order valence-corrected chi connectivity index (χ0v) is 16.5. The lowest BCUT2D eigenvalue weighted by Crippen LogP contribution is -2.41. The van der Waals surface area contributed by atoms with Gasteiger partial charge in [0.2, 0.25) is 0 Å². The summed E-state index contributed by atoms with van der Waals surface area (Å²) >= 11 is 0. The predicted octanol–water partition coefficient (Wildman–Crippen LogP) is 4.96. The van der Waals surface area contributed by atoms with Gasteiger partial charge in [0.05, 0.1) is 6.61 Å². The number of ether oxygens (including phenoxy) is 1. The van der Waals surface area contributed by atoms with Crippen molar-refractivity contribution in [2.75, 3.05) is 20.3 Å². The van der Waals surface area contributed by atoms with Gasteiger partial charge in [-0.1, -0.05) is 43.4 Å². The minimum atomic E-state index is -0.166. The van der Waals surface area contributed by atoms with Crippen molar-refractivity contribution >= 4 is 5.91 Å². The van der Waals surface area contributed by atoms with Crippen LogP contribution in [0.4, 0.5) is 0 Å². The Kier molecular flexibility index (Phi) is 8.24. The molecule has 1 heterocycles. The molecule has 0 bridgehead atoms. The smallest absolute Gasteiger partial charge is 0.264 e. The average Bonchev–Trinajstić information content (AvgIpc) is 3.31. The number of allylic oxidation sites excluding steroid dienone is 3. The lowest BCUT2D eigenvalue weighted by molar-refractivity contribution is -0.128. The molecule has 0 saturated heterocycles. The van der Waals surface area contributed by atoms with E-state index in [4.69, 9.17) is 4.74 Å². The third-order valence-electron chi connectivity index (χ3n) is 4.99. The molecular weight excluding hydrogens is 336 g/mol. The lowest BCUT2D eigenvalue weighted by atomic mass is 9.97. The summed E-state index contributed by atoms with van der Waals surface area (Å²) in [6.07, 6.45) is 9.83. The maximum absolute atomic E-state index is 12.9. The van der Waals surface area contributed by atoms with Crippen molar-refractivity contribution in [2.24, 2.45) is 5.41 Å². The van der Waals surface area contributed by atoms with E-state index in [1.165, 1.54) is 11.1 Å². The molecule has 1 aliphatic carbocycles. The Morgan fingerprint density at radius 1 is 1.48 bits per heavy atom. The number of carbonyl (C=O) groups excluding carboxylic acids is 1. The molecule has 0 radical (unpaired) electrons. The number of amides is 1. The second kappa shape index (κ2) is 9.71. The highest BCUT2D eigenvalue weighted by molar-refractivity contribution is 5.97. The quantitative estimate of drug-likeness (QED) is 0.362. The summed E-state index contributed by atoms with van der Waals surface area (Å²) in [5.41, 5.74) is 3.81. The summed E-state index contributed by atoms with van der Waals surface area (Å²) in [5.74, 6) is -0.166. The highest BCUT2D eigenvalue weighted by Gasteiger charge is 2.42. The summed E-state index contributed by atoms with van der Waals surface area (Å²) < 4.78 is 5.24. The molecule has 0 aromatic rings. The van der Waals surface area contributed by atoms with E-state index in [0.29, 0.717) is 13.2 Å². The van der Waals surface area contributed by atoms with Gasteiger partial charge in [0.1, 0.15) is 11.6 Å². The molecule has 1 unspecified atom stereocenters. The Bertz CT molecular complexity index is 702. The highest BCUT2D eigenvalue weighted by atomic mass is 16.5. The number of carbonyl (C=O) groups is 1. The van der Waals surface area contributed by atoms with Gasteiger partial charge in [-0.05, 0) is 52.0 Å². The molecule has 4 heteroatoms. The molecule has 0 N–H and O–H groups in total. The van der Waals surface area contributed by atoms with Gasteiger partial charge in [-0.3, -0.25) is 4.79 Å². The fourth-order valence-corrected chi connectivity index (χ4v) is 3.57. The minimum absolute atomic E-state index is 0. The van der Waals surface area contributed by atoms with Crippen molar-refractivity contribution in [3.05, 3.63) is 47.1 Å². The second-order valence-corrected chi connectivity index (χ2v) is 7.82. The van der Waals surface area contributed by atoms with E-state index in [0.717, 1.165) is 31.3 Å². The van der Waals surface area contributed by atoms with Crippen molar-refractivity contribution in [2.45, 2.75) is 59.9 Å². The Balaban J connectivity index is 0.00000364. The molecular formula is C23H34N2O2. The SMILES string of the molecule is C.C=C(C)C/C(C)=C\C1=CC(C)N(C(=O)/C(C#N)=C\C2(COC)CC2)CC1. The van der Waals surface area contributed by atoms with Crippen LogP contribution in [-0.2, 0) is 9.53 Å². The van der Waals surface area contributed by atoms with Crippen LogP contribution in [0.3, 0.4) is 0 Å². The molecule has 2 rings (SSSR count). The number of nitriles is 1. The maximum atomic E-state index is 12.9. The number of hydrogen-bond acceptors (Lipinski definition) is 3. The monoisotopic (exact) mass is 370 g/mol. The van der Waals surface area contributed by atoms with Crippen LogP contribution in [0, 0.1) is 16.7 Å². The van der Waals surface area contributed by atoms with E-state index in [-0.39, 0.29) is 30.4 Å². The zero-order valence-electron chi connectivity index (χ0n) is 16.5. The van der Waals surface area contributed by atoms with Gasteiger partial charge in [0, 0.05) is 25.1 Å². The molecule has 0 aromatic heterocycles. The van der Waals surface area contributed by atoms with Crippen LogP contribution < -0.4 is 0 Å². The first-order valence-corrected chi connectivity index (χ1v) is 9.25. The van der Waals surface area contributed by atoms with Gasteiger partial charge in [-0.25, -0.2) is 0 Å². The molecule has 1 aliphatic heterocycles. The Morgan fingerprint density at radius 3 is 2.63 bits per heavy atom.